The molecule has 0 spiro atoms. The summed E-state index contributed by atoms with van der Waals surface area (Å²) in [6.07, 6.45) is 0. The van der Waals surface area contributed by atoms with Crippen LogP contribution in [0.15, 0.2) is 83.7 Å². The van der Waals surface area contributed by atoms with Crippen molar-refractivity contribution < 1.29 is 14.3 Å². The van der Waals surface area contributed by atoms with Crippen molar-refractivity contribution in [2.45, 2.75) is 0 Å². The number of para-hydroxylation sites is 1. The van der Waals surface area contributed by atoms with Gasteiger partial charge in [0.2, 0.25) is 5.91 Å². The fourth-order valence-electron chi connectivity index (χ4n) is 3.42. The van der Waals surface area contributed by atoms with Crippen LogP contribution in [0.2, 0.25) is 0 Å². The minimum atomic E-state index is -0.511. The summed E-state index contributed by atoms with van der Waals surface area (Å²) < 4.78 is 12.9. The molecule has 0 atom stereocenters. The quantitative estimate of drug-likeness (QED) is 0.467. The predicted octanol–water partition coefficient (Wildman–Crippen LogP) is 3.76. The van der Waals surface area contributed by atoms with Crippen LogP contribution in [0.1, 0.15) is 10.4 Å². The summed E-state index contributed by atoms with van der Waals surface area (Å²) in [4.78, 5) is 24.1. The Hall–Kier alpha value is -4.06. The second-order valence-corrected chi connectivity index (χ2v) is 7.09. The molecule has 0 unspecified atom stereocenters. The minimum absolute atomic E-state index is 0.132. The van der Waals surface area contributed by atoms with Crippen molar-refractivity contribution in [2.24, 2.45) is 12.8 Å². The number of nitrogens with zero attached hydrogens (tertiary/aromatic N) is 1. The number of hydrogen-bond donors (Lipinski definition) is 1. The lowest BCUT2D eigenvalue weighted by molar-refractivity contribution is 0.100. The molecule has 0 saturated carbocycles. The molecule has 0 aliphatic heterocycles. The Morgan fingerprint density at radius 2 is 1.52 bits per heavy atom. The molecule has 0 aliphatic rings. The first-order valence-electron chi connectivity index (χ1n) is 9.87. The molecule has 31 heavy (non-hydrogen) atoms. The van der Waals surface area contributed by atoms with Crippen molar-refractivity contribution in [3.8, 4) is 22.6 Å². The molecule has 2 N–H and O–H groups in total. The van der Waals surface area contributed by atoms with E-state index in [1.165, 1.54) is 0 Å². The summed E-state index contributed by atoms with van der Waals surface area (Å²) in [5.74, 6) is 0.990. The number of benzene rings is 3. The lowest BCUT2D eigenvalue weighted by atomic mass is 9.99. The maximum atomic E-state index is 12.4. The summed E-state index contributed by atoms with van der Waals surface area (Å²) in [5.41, 5.74) is 8.01. The van der Waals surface area contributed by atoms with E-state index in [1.54, 1.807) is 35.9 Å². The van der Waals surface area contributed by atoms with Crippen molar-refractivity contribution in [3.05, 3.63) is 94.8 Å². The third-order valence-electron chi connectivity index (χ3n) is 5.06. The van der Waals surface area contributed by atoms with E-state index in [2.05, 4.69) is 0 Å². The number of aryl methyl sites for hydroxylation is 1. The number of carbonyl (C=O) groups excluding carboxylic acids is 1. The van der Waals surface area contributed by atoms with Gasteiger partial charge in [-0.1, -0.05) is 30.3 Å². The number of aromatic nitrogens is 1. The van der Waals surface area contributed by atoms with Gasteiger partial charge in [-0.05, 0) is 53.6 Å². The minimum Gasteiger partial charge on any atom is -0.490 e. The number of primary amides is 1. The molecular formula is C25H22N2O4. The lowest BCUT2D eigenvalue weighted by Gasteiger charge is -2.12. The standard InChI is InChI=1S/C25H22N2O4/c1-27-23-12-9-18(25(26)29)15-22(23)21(16-24(27)28)17-7-10-20(11-8-17)31-14-13-30-19-5-3-2-4-6-19/h2-12,15-16H,13-14H2,1H3,(H2,26,29). The molecule has 1 heterocycles. The van der Waals surface area contributed by atoms with E-state index in [-0.39, 0.29) is 5.56 Å². The second kappa shape index (κ2) is 8.75. The Balaban J connectivity index is 1.54. The van der Waals surface area contributed by atoms with Crippen molar-refractivity contribution in [1.29, 1.82) is 0 Å². The Morgan fingerprint density at radius 1 is 0.871 bits per heavy atom. The average Bonchev–Trinajstić information content (AvgIpc) is 2.80. The molecule has 3 aromatic carbocycles. The first kappa shape index (κ1) is 20.2. The molecule has 4 rings (SSSR count). The average molecular weight is 414 g/mol. The molecule has 156 valence electrons. The highest BCUT2D eigenvalue weighted by Crippen LogP contribution is 2.29. The zero-order chi connectivity index (χ0) is 21.8. The molecule has 0 aliphatic carbocycles. The largest absolute Gasteiger partial charge is 0.490 e. The van der Waals surface area contributed by atoms with Crippen LogP contribution in [-0.4, -0.2) is 23.7 Å². The second-order valence-electron chi connectivity index (χ2n) is 7.09. The van der Waals surface area contributed by atoms with Crippen LogP contribution in [-0.2, 0) is 7.05 Å². The Kier molecular flexibility index (Phi) is 5.71. The van der Waals surface area contributed by atoms with E-state index >= 15 is 0 Å². The van der Waals surface area contributed by atoms with E-state index in [9.17, 15) is 9.59 Å². The lowest BCUT2D eigenvalue weighted by Crippen LogP contribution is -2.17. The highest BCUT2D eigenvalue weighted by Gasteiger charge is 2.11. The van der Waals surface area contributed by atoms with E-state index in [1.807, 2.05) is 54.6 Å². The van der Waals surface area contributed by atoms with Crippen molar-refractivity contribution in [3.63, 3.8) is 0 Å². The number of carbonyl (C=O) groups is 1. The van der Waals surface area contributed by atoms with E-state index in [0.717, 1.165) is 27.8 Å². The van der Waals surface area contributed by atoms with Gasteiger partial charge in [-0.2, -0.15) is 0 Å². The van der Waals surface area contributed by atoms with Crippen LogP contribution in [0, 0.1) is 0 Å². The number of hydrogen-bond acceptors (Lipinski definition) is 4. The third kappa shape index (κ3) is 4.43. The summed E-state index contributed by atoms with van der Waals surface area (Å²) in [5, 5.41) is 0.781. The van der Waals surface area contributed by atoms with Gasteiger partial charge in [-0.3, -0.25) is 9.59 Å². The van der Waals surface area contributed by atoms with E-state index in [0.29, 0.717) is 24.5 Å². The number of ether oxygens (including phenoxy) is 2. The number of rotatable bonds is 7. The SMILES string of the molecule is Cn1c(=O)cc(-c2ccc(OCCOc3ccccc3)cc2)c2cc(C(N)=O)ccc21. The first-order chi connectivity index (χ1) is 15.0. The van der Waals surface area contributed by atoms with Gasteiger partial charge in [0.05, 0.1) is 5.52 Å². The summed E-state index contributed by atoms with van der Waals surface area (Å²) in [6, 6.07) is 23.7. The molecular weight excluding hydrogens is 392 g/mol. The van der Waals surface area contributed by atoms with Crippen LogP contribution in [0.5, 0.6) is 11.5 Å². The monoisotopic (exact) mass is 414 g/mol. The van der Waals surface area contributed by atoms with Gasteiger partial charge >= 0.3 is 0 Å². The van der Waals surface area contributed by atoms with Crippen molar-refractivity contribution in [2.75, 3.05) is 13.2 Å². The van der Waals surface area contributed by atoms with Crippen LogP contribution >= 0.6 is 0 Å². The van der Waals surface area contributed by atoms with Crippen molar-refractivity contribution in [1.82, 2.24) is 4.57 Å². The molecule has 1 aromatic heterocycles. The summed E-state index contributed by atoms with van der Waals surface area (Å²) in [7, 11) is 1.70. The van der Waals surface area contributed by atoms with Crippen LogP contribution in [0.25, 0.3) is 22.0 Å². The first-order valence-corrected chi connectivity index (χ1v) is 9.87. The number of pyridine rings is 1. The molecule has 4 aromatic rings. The number of fused-ring (bicyclic) bond motifs is 1. The normalized spacial score (nSPS) is 10.7. The molecule has 6 nitrogen and oxygen atoms in total. The smallest absolute Gasteiger partial charge is 0.251 e. The molecule has 0 fully saturated rings. The van der Waals surface area contributed by atoms with Gasteiger partial charge < -0.3 is 19.8 Å². The number of nitrogens with two attached hydrogens (primary N) is 1. The van der Waals surface area contributed by atoms with E-state index < -0.39 is 5.91 Å². The van der Waals surface area contributed by atoms with Gasteiger partial charge in [0.25, 0.3) is 5.56 Å². The fraction of sp³-hybridized carbons (Fsp3) is 0.120. The van der Waals surface area contributed by atoms with Crippen LogP contribution in [0.4, 0.5) is 0 Å². The zero-order valence-corrected chi connectivity index (χ0v) is 17.1. The Labute approximate surface area is 179 Å². The Bertz CT molecular complexity index is 1280. The van der Waals surface area contributed by atoms with Gasteiger partial charge in [0.15, 0.2) is 0 Å². The highest BCUT2D eigenvalue weighted by atomic mass is 16.5. The predicted molar refractivity (Wildman–Crippen MR) is 121 cm³/mol. The van der Waals surface area contributed by atoms with Gasteiger partial charge in [0.1, 0.15) is 24.7 Å². The van der Waals surface area contributed by atoms with E-state index in [4.69, 9.17) is 15.2 Å². The molecule has 1 amide bonds. The van der Waals surface area contributed by atoms with Gasteiger partial charge in [0, 0.05) is 24.1 Å². The molecule has 6 heteroatoms. The topological polar surface area (TPSA) is 83.6 Å². The Morgan fingerprint density at radius 3 is 2.16 bits per heavy atom. The highest BCUT2D eigenvalue weighted by molar-refractivity contribution is 6.01. The van der Waals surface area contributed by atoms with Crippen molar-refractivity contribution >= 4 is 16.8 Å². The van der Waals surface area contributed by atoms with Crippen LogP contribution in [0.3, 0.4) is 0 Å². The maximum Gasteiger partial charge on any atom is 0.251 e. The summed E-state index contributed by atoms with van der Waals surface area (Å²) >= 11 is 0. The molecule has 0 saturated heterocycles. The molecule has 0 bridgehead atoms. The zero-order valence-electron chi connectivity index (χ0n) is 17.1. The maximum absolute atomic E-state index is 12.4. The molecule has 0 radical (unpaired) electrons. The summed E-state index contributed by atoms with van der Waals surface area (Å²) in [6.45, 7) is 0.839. The van der Waals surface area contributed by atoms with Crippen LogP contribution < -0.4 is 20.8 Å². The van der Waals surface area contributed by atoms with Gasteiger partial charge in [-0.25, -0.2) is 0 Å². The number of amides is 1. The third-order valence-corrected chi connectivity index (χ3v) is 5.06. The fourth-order valence-corrected chi connectivity index (χ4v) is 3.42. The van der Waals surface area contributed by atoms with Gasteiger partial charge in [-0.15, -0.1) is 0 Å².